The van der Waals surface area contributed by atoms with Crippen LogP contribution in [0.25, 0.3) is 10.4 Å². The van der Waals surface area contributed by atoms with Crippen LogP contribution in [0.5, 0.6) is 0 Å². The molecule has 0 heterocycles. The summed E-state index contributed by atoms with van der Waals surface area (Å²) in [6.07, 6.45) is 2.43. The van der Waals surface area contributed by atoms with E-state index in [-0.39, 0.29) is 5.91 Å². The lowest BCUT2D eigenvalue weighted by Gasteiger charge is -2.04. The van der Waals surface area contributed by atoms with Gasteiger partial charge in [-0.25, -0.2) is 0 Å². The predicted molar refractivity (Wildman–Crippen MR) is 63.4 cm³/mol. The molecule has 16 heavy (non-hydrogen) atoms. The maximum atomic E-state index is 11.4. The Kier molecular flexibility index (Phi) is 4.89. The van der Waals surface area contributed by atoms with Gasteiger partial charge >= 0.3 is 0 Å². The van der Waals surface area contributed by atoms with Gasteiger partial charge in [0.1, 0.15) is 0 Å². The maximum Gasteiger partial charge on any atom is 0.224 e. The molecule has 0 aromatic heterocycles. The van der Waals surface area contributed by atoms with Crippen LogP contribution in [0, 0.1) is 0 Å². The number of anilines is 1. The van der Waals surface area contributed by atoms with E-state index in [1.165, 1.54) is 0 Å². The number of benzene rings is 1. The van der Waals surface area contributed by atoms with Crippen molar-refractivity contribution in [1.29, 1.82) is 0 Å². The third-order valence-corrected chi connectivity index (χ3v) is 2.07. The molecule has 0 aliphatic rings. The topological polar surface area (TPSA) is 77.9 Å². The second-order valence-corrected chi connectivity index (χ2v) is 3.39. The lowest BCUT2D eigenvalue weighted by Crippen LogP contribution is -2.10. The Balaban J connectivity index is 2.54. The lowest BCUT2D eigenvalue weighted by atomic mass is 10.2. The van der Waals surface area contributed by atoms with E-state index in [0.717, 1.165) is 18.5 Å². The van der Waals surface area contributed by atoms with Crippen molar-refractivity contribution in [2.45, 2.75) is 26.2 Å². The summed E-state index contributed by atoms with van der Waals surface area (Å²) in [5.74, 6) is 0.0124. The van der Waals surface area contributed by atoms with E-state index in [4.69, 9.17) is 5.53 Å². The van der Waals surface area contributed by atoms with Crippen molar-refractivity contribution in [1.82, 2.24) is 0 Å². The van der Waals surface area contributed by atoms with Crippen molar-refractivity contribution in [2.24, 2.45) is 5.11 Å². The number of rotatable bonds is 5. The third kappa shape index (κ3) is 4.02. The maximum absolute atomic E-state index is 11.4. The van der Waals surface area contributed by atoms with Gasteiger partial charge in [0.05, 0.1) is 0 Å². The van der Waals surface area contributed by atoms with E-state index in [9.17, 15) is 4.79 Å². The summed E-state index contributed by atoms with van der Waals surface area (Å²) < 4.78 is 0. The Hall–Kier alpha value is -2.00. The van der Waals surface area contributed by atoms with Crippen LogP contribution in [0.1, 0.15) is 26.2 Å². The number of azide groups is 1. The summed E-state index contributed by atoms with van der Waals surface area (Å²) in [7, 11) is 0. The highest BCUT2D eigenvalue weighted by atomic mass is 16.1. The molecule has 0 saturated heterocycles. The minimum atomic E-state index is 0.0124. The molecule has 0 radical (unpaired) electrons. The quantitative estimate of drug-likeness (QED) is 0.456. The van der Waals surface area contributed by atoms with Gasteiger partial charge in [0.25, 0.3) is 0 Å². The average Bonchev–Trinajstić information content (AvgIpc) is 2.29. The van der Waals surface area contributed by atoms with Crippen LogP contribution in [0.4, 0.5) is 11.4 Å². The van der Waals surface area contributed by atoms with Crippen molar-refractivity contribution in [3.8, 4) is 0 Å². The minimum absolute atomic E-state index is 0.0124. The molecular weight excluding hydrogens is 204 g/mol. The van der Waals surface area contributed by atoms with Crippen LogP contribution >= 0.6 is 0 Å². The Labute approximate surface area is 94.1 Å². The molecule has 1 N–H and O–H groups in total. The Bertz CT molecular complexity index is 393. The summed E-state index contributed by atoms with van der Waals surface area (Å²) in [5.41, 5.74) is 9.48. The number of unbranched alkanes of at least 4 members (excludes halogenated alkanes) is 1. The number of nitrogens with one attached hydrogen (secondary N) is 1. The van der Waals surface area contributed by atoms with E-state index < -0.39 is 0 Å². The summed E-state index contributed by atoms with van der Waals surface area (Å²) in [6.45, 7) is 2.04. The molecular formula is C11H14N4O. The van der Waals surface area contributed by atoms with Gasteiger partial charge in [0.2, 0.25) is 5.91 Å². The van der Waals surface area contributed by atoms with Gasteiger partial charge in [-0.15, -0.1) is 0 Å². The molecule has 0 aliphatic heterocycles. The molecule has 0 bridgehead atoms. The van der Waals surface area contributed by atoms with Crippen molar-refractivity contribution in [3.63, 3.8) is 0 Å². The van der Waals surface area contributed by atoms with Crippen molar-refractivity contribution >= 4 is 17.3 Å². The van der Waals surface area contributed by atoms with Gasteiger partial charge in [-0.1, -0.05) is 30.6 Å². The number of carbonyl (C=O) groups excluding carboxylic acids is 1. The summed E-state index contributed by atoms with van der Waals surface area (Å²) in [6, 6.07) is 6.76. The van der Waals surface area contributed by atoms with Gasteiger partial charge in [-0.3, -0.25) is 4.79 Å². The second kappa shape index (κ2) is 6.48. The molecule has 5 nitrogen and oxygen atoms in total. The third-order valence-electron chi connectivity index (χ3n) is 2.07. The zero-order valence-corrected chi connectivity index (χ0v) is 9.18. The van der Waals surface area contributed by atoms with Crippen molar-refractivity contribution in [2.75, 3.05) is 5.32 Å². The molecule has 84 valence electrons. The molecule has 0 spiro atoms. The molecule has 1 aromatic rings. The van der Waals surface area contributed by atoms with Gasteiger partial charge < -0.3 is 5.32 Å². The number of nitrogens with zero attached hydrogens (tertiary/aromatic N) is 3. The van der Waals surface area contributed by atoms with Crippen LogP contribution in [0.3, 0.4) is 0 Å². The van der Waals surface area contributed by atoms with Crippen LogP contribution < -0.4 is 5.32 Å². The summed E-state index contributed by atoms with van der Waals surface area (Å²) in [5, 5.41) is 6.22. The smallest absolute Gasteiger partial charge is 0.224 e. The Morgan fingerprint density at radius 1 is 1.44 bits per heavy atom. The Morgan fingerprint density at radius 3 is 2.69 bits per heavy atom. The van der Waals surface area contributed by atoms with Crippen LogP contribution in [-0.2, 0) is 4.79 Å². The number of carbonyl (C=O) groups is 1. The molecule has 5 heteroatoms. The zero-order chi connectivity index (χ0) is 11.8. The second-order valence-electron chi connectivity index (χ2n) is 3.39. The number of hydrogen-bond donors (Lipinski definition) is 1. The molecule has 1 aromatic carbocycles. The van der Waals surface area contributed by atoms with E-state index in [1.807, 2.05) is 6.92 Å². The van der Waals surface area contributed by atoms with Crippen LogP contribution in [0.15, 0.2) is 29.4 Å². The average molecular weight is 218 g/mol. The van der Waals surface area contributed by atoms with Crippen LogP contribution in [-0.4, -0.2) is 5.91 Å². The fourth-order valence-electron chi connectivity index (χ4n) is 1.22. The first kappa shape index (κ1) is 12.1. The first-order chi connectivity index (χ1) is 7.76. The SMILES string of the molecule is CCCCC(=O)Nc1ccc(N=[N+]=[N-])cc1. The number of amides is 1. The minimum Gasteiger partial charge on any atom is -0.326 e. The normalized spacial score (nSPS) is 9.31. The molecule has 0 unspecified atom stereocenters. The van der Waals surface area contributed by atoms with E-state index in [2.05, 4.69) is 15.3 Å². The monoisotopic (exact) mass is 218 g/mol. The molecule has 1 rings (SSSR count). The Morgan fingerprint density at radius 2 is 2.12 bits per heavy atom. The standard InChI is InChI=1S/C11H14N4O/c1-2-3-4-11(16)13-9-5-7-10(8-6-9)14-15-12/h5-8H,2-4H2,1H3,(H,13,16). The van der Waals surface area contributed by atoms with Crippen molar-refractivity contribution < 1.29 is 4.79 Å². The van der Waals surface area contributed by atoms with E-state index in [1.54, 1.807) is 24.3 Å². The van der Waals surface area contributed by atoms with E-state index >= 15 is 0 Å². The molecule has 0 fully saturated rings. The summed E-state index contributed by atoms with van der Waals surface area (Å²) >= 11 is 0. The van der Waals surface area contributed by atoms with Gasteiger partial charge in [0, 0.05) is 22.7 Å². The predicted octanol–water partition coefficient (Wildman–Crippen LogP) is 3.76. The van der Waals surface area contributed by atoms with Gasteiger partial charge in [-0.2, -0.15) is 0 Å². The first-order valence-corrected chi connectivity index (χ1v) is 5.21. The number of hydrogen-bond acceptors (Lipinski definition) is 2. The first-order valence-electron chi connectivity index (χ1n) is 5.21. The molecule has 0 atom stereocenters. The van der Waals surface area contributed by atoms with E-state index in [0.29, 0.717) is 12.1 Å². The highest BCUT2D eigenvalue weighted by molar-refractivity contribution is 5.90. The molecule has 1 amide bonds. The fraction of sp³-hybridized carbons (Fsp3) is 0.364. The molecule has 0 saturated carbocycles. The largest absolute Gasteiger partial charge is 0.326 e. The zero-order valence-electron chi connectivity index (χ0n) is 9.18. The lowest BCUT2D eigenvalue weighted by molar-refractivity contribution is -0.116. The van der Waals surface area contributed by atoms with Gasteiger partial charge in [-0.05, 0) is 24.1 Å². The highest BCUT2D eigenvalue weighted by Gasteiger charge is 2.00. The van der Waals surface area contributed by atoms with Crippen LogP contribution in [0.2, 0.25) is 0 Å². The fourth-order valence-corrected chi connectivity index (χ4v) is 1.22. The molecule has 0 aliphatic carbocycles. The summed E-state index contributed by atoms with van der Waals surface area (Å²) in [4.78, 5) is 14.1. The van der Waals surface area contributed by atoms with Gasteiger partial charge in [0.15, 0.2) is 0 Å². The highest BCUT2D eigenvalue weighted by Crippen LogP contribution is 2.16. The van der Waals surface area contributed by atoms with Crippen molar-refractivity contribution in [3.05, 3.63) is 34.7 Å².